The van der Waals surface area contributed by atoms with Gasteiger partial charge in [-0.3, -0.25) is 0 Å². The maximum absolute atomic E-state index is 6.06. The van der Waals surface area contributed by atoms with E-state index in [1.54, 1.807) is 0 Å². The SMILES string of the molecule is CCCNCC(C)(C)COC1CCN(C)CC1. The van der Waals surface area contributed by atoms with Crippen LogP contribution in [-0.2, 0) is 4.74 Å². The standard InChI is InChI=1S/C14H30N2O/c1-5-8-15-11-14(2,3)12-17-13-6-9-16(4)10-7-13/h13,15H,5-12H2,1-4H3. The van der Waals surface area contributed by atoms with Crippen molar-refractivity contribution in [3.8, 4) is 0 Å². The van der Waals surface area contributed by atoms with E-state index < -0.39 is 0 Å². The Morgan fingerprint density at radius 1 is 1.29 bits per heavy atom. The molecule has 0 atom stereocenters. The van der Waals surface area contributed by atoms with Crippen molar-refractivity contribution in [2.24, 2.45) is 5.41 Å². The molecule has 1 N–H and O–H groups in total. The maximum atomic E-state index is 6.06. The minimum Gasteiger partial charge on any atom is -0.378 e. The summed E-state index contributed by atoms with van der Waals surface area (Å²) in [5.74, 6) is 0. The van der Waals surface area contributed by atoms with Crippen LogP contribution in [0.2, 0.25) is 0 Å². The van der Waals surface area contributed by atoms with Crippen LogP contribution < -0.4 is 5.32 Å². The molecule has 0 aliphatic carbocycles. The zero-order valence-corrected chi connectivity index (χ0v) is 12.1. The second-order valence-corrected chi connectivity index (χ2v) is 6.15. The first kappa shape index (κ1) is 14.9. The van der Waals surface area contributed by atoms with Gasteiger partial charge in [0.2, 0.25) is 0 Å². The van der Waals surface area contributed by atoms with Gasteiger partial charge in [-0.15, -0.1) is 0 Å². The first-order chi connectivity index (χ1) is 8.03. The molecule has 0 radical (unpaired) electrons. The van der Waals surface area contributed by atoms with Gasteiger partial charge in [-0.25, -0.2) is 0 Å². The van der Waals surface area contributed by atoms with Crippen LogP contribution in [0, 0.1) is 5.41 Å². The Hall–Kier alpha value is -0.120. The van der Waals surface area contributed by atoms with Gasteiger partial charge in [0, 0.05) is 25.0 Å². The highest BCUT2D eigenvalue weighted by atomic mass is 16.5. The average molecular weight is 242 g/mol. The number of nitrogens with zero attached hydrogens (tertiary/aromatic N) is 1. The van der Waals surface area contributed by atoms with Crippen LogP contribution in [0.3, 0.4) is 0 Å². The molecule has 17 heavy (non-hydrogen) atoms. The number of nitrogens with one attached hydrogen (secondary N) is 1. The van der Waals surface area contributed by atoms with Crippen molar-refractivity contribution in [3.05, 3.63) is 0 Å². The molecule has 1 aliphatic heterocycles. The van der Waals surface area contributed by atoms with Crippen LogP contribution in [0.25, 0.3) is 0 Å². The Kier molecular flexibility index (Phi) is 6.45. The minimum atomic E-state index is 0.249. The zero-order valence-electron chi connectivity index (χ0n) is 12.1. The molecule has 3 heteroatoms. The van der Waals surface area contributed by atoms with Crippen molar-refractivity contribution in [2.45, 2.75) is 46.1 Å². The van der Waals surface area contributed by atoms with Crippen molar-refractivity contribution in [1.82, 2.24) is 10.2 Å². The van der Waals surface area contributed by atoms with E-state index in [9.17, 15) is 0 Å². The van der Waals surface area contributed by atoms with E-state index in [2.05, 4.69) is 38.0 Å². The Bertz CT molecular complexity index is 198. The molecular weight excluding hydrogens is 212 g/mol. The van der Waals surface area contributed by atoms with Gasteiger partial charge in [0.1, 0.15) is 0 Å². The van der Waals surface area contributed by atoms with Crippen molar-refractivity contribution < 1.29 is 4.74 Å². The van der Waals surface area contributed by atoms with Crippen molar-refractivity contribution in [1.29, 1.82) is 0 Å². The number of hydrogen-bond donors (Lipinski definition) is 1. The van der Waals surface area contributed by atoms with Gasteiger partial charge in [0.15, 0.2) is 0 Å². The summed E-state index contributed by atoms with van der Waals surface area (Å²) in [6, 6.07) is 0. The lowest BCUT2D eigenvalue weighted by Crippen LogP contribution is -2.38. The average Bonchev–Trinajstić information content (AvgIpc) is 2.29. The monoisotopic (exact) mass is 242 g/mol. The van der Waals surface area contributed by atoms with E-state index >= 15 is 0 Å². The van der Waals surface area contributed by atoms with Crippen molar-refractivity contribution in [3.63, 3.8) is 0 Å². The van der Waals surface area contributed by atoms with E-state index in [0.717, 1.165) is 19.7 Å². The predicted molar refractivity (Wildman–Crippen MR) is 73.4 cm³/mol. The third-order valence-electron chi connectivity index (χ3n) is 3.41. The molecule has 3 nitrogen and oxygen atoms in total. The topological polar surface area (TPSA) is 24.5 Å². The Morgan fingerprint density at radius 3 is 2.53 bits per heavy atom. The minimum absolute atomic E-state index is 0.249. The predicted octanol–water partition coefficient (Wildman–Crippen LogP) is 2.12. The van der Waals surface area contributed by atoms with Crippen molar-refractivity contribution in [2.75, 3.05) is 39.8 Å². The van der Waals surface area contributed by atoms with Gasteiger partial charge < -0.3 is 15.0 Å². The molecule has 1 aliphatic rings. The highest BCUT2D eigenvalue weighted by Crippen LogP contribution is 2.19. The fraction of sp³-hybridized carbons (Fsp3) is 1.00. The molecule has 0 amide bonds. The molecule has 1 rings (SSSR count). The van der Waals surface area contributed by atoms with Gasteiger partial charge in [-0.2, -0.15) is 0 Å². The molecule has 0 spiro atoms. The van der Waals surface area contributed by atoms with Crippen LogP contribution in [0.5, 0.6) is 0 Å². The Morgan fingerprint density at radius 2 is 1.94 bits per heavy atom. The molecule has 0 bridgehead atoms. The molecule has 0 saturated carbocycles. The molecule has 0 aromatic rings. The number of ether oxygens (including phenoxy) is 1. The zero-order chi connectivity index (χ0) is 12.7. The first-order valence-electron chi connectivity index (χ1n) is 7.04. The quantitative estimate of drug-likeness (QED) is 0.692. The fourth-order valence-corrected chi connectivity index (χ4v) is 2.15. The van der Waals surface area contributed by atoms with E-state index in [0.29, 0.717) is 6.10 Å². The molecule has 0 unspecified atom stereocenters. The lowest BCUT2D eigenvalue weighted by molar-refractivity contribution is -0.0246. The number of hydrogen-bond acceptors (Lipinski definition) is 3. The van der Waals surface area contributed by atoms with Crippen LogP contribution in [0.1, 0.15) is 40.0 Å². The van der Waals surface area contributed by atoms with Crippen LogP contribution in [0.4, 0.5) is 0 Å². The molecule has 0 aromatic carbocycles. The third kappa shape index (κ3) is 6.39. The smallest absolute Gasteiger partial charge is 0.0599 e. The summed E-state index contributed by atoms with van der Waals surface area (Å²) in [5.41, 5.74) is 0.249. The molecule has 1 heterocycles. The summed E-state index contributed by atoms with van der Waals surface area (Å²) in [4.78, 5) is 2.38. The first-order valence-corrected chi connectivity index (χ1v) is 7.04. The van der Waals surface area contributed by atoms with Gasteiger partial charge >= 0.3 is 0 Å². The third-order valence-corrected chi connectivity index (χ3v) is 3.41. The van der Waals surface area contributed by atoms with Crippen LogP contribution >= 0.6 is 0 Å². The molecular formula is C14H30N2O. The Labute approximate surface area is 107 Å². The maximum Gasteiger partial charge on any atom is 0.0599 e. The number of rotatable bonds is 7. The van der Waals surface area contributed by atoms with Gasteiger partial charge in [-0.05, 0) is 32.9 Å². The second-order valence-electron chi connectivity index (χ2n) is 6.15. The summed E-state index contributed by atoms with van der Waals surface area (Å²) >= 11 is 0. The summed E-state index contributed by atoms with van der Waals surface area (Å²) in [6.07, 6.45) is 4.06. The summed E-state index contributed by atoms with van der Waals surface area (Å²) in [6.45, 7) is 12.2. The Balaban J connectivity index is 2.15. The molecule has 1 fully saturated rings. The number of likely N-dealkylation sites (tertiary alicyclic amines) is 1. The summed E-state index contributed by atoms with van der Waals surface area (Å²) < 4.78 is 6.06. The van der Waals surface area contributed by atoms with E-state index in [1.165, 1.54) is 32.4 Å². The largest absolute Gasteiger partial charge is 0.378 e. The molecule has 0 aromatic heterocycles. The second kappa shape index (κ2) is 7.34. The highest BCUT2D eigenvalue weighted by Gasteiger charge is 2.22. The molecule has 102 valence electrons. The lowest BCUT2D eigenvalue weighted by Gasteiger charge is -2.32. The van der Waals surface area contributed by atoms with E-state index in [1.807, 2.05) is 0 Å². The van der Waals surface area contributed by atoms with Crippen LogP contribution in [-0.4, -0.2) is 50.8 Å². The lowest BCUT2D eigenvalue weighted by atomic mass is 9.94. The van der Waals surface area contributed by atoms with Crippen molar-refractivity contribution >= 4 is 0 Å². The summed E-state index contributed by atoms with van der Waals surface area (Å²) in [5, 5.41) is 3.48. The summed E-state index contributed by atoms with van der Waals surface area (Å²) in [7, 11) is 2.19. The van der Waals surface area contributed by atoms with E-state index in [-0.39, 0.29) is 5.41 Å². The van der Waals surface area contributed by atoms with Crippen LogP contribution in [0.15, 0.2) is 0 Å². The normalized spacial score (nSPS) is 19.8. The van der Waals surface area contributed by atoms with Gasteiger partial charge in [0.05, 0.1) is 12.7 Å². The molecule has 1 saturated heterocycles. The number of piperidine rings is 1. The van der Waals surface area contributed by atoms with Gasteiger partial charge in [-0.1, -0.05) is 20.8 Å². The fourth-order valence-electron chi connectivity index (χ4n) is 2.15. The van der Waals surface area contributed by atoms with E-state index in [4.69, 9.17) is 4.74 Å². The van der Waals surface area contributed by atoms with Gasteiger partial charge in [0.25, 0.3) is 0 Å². The highest BCUT2D eigenvalue weighted by molar-refractivity contribution is 4.74.